The number of pyridine rings is 1. The number of carbonyl (C=O) groups excluding carboxylic acids is 1. The van der Waals surface area contributed by atoms with Gasteiger partial charge >= 0.3 is 6.03 Å². The number of nitrogens with one attached hydrogen (secondary N) is 2. The summed E-state index contributed by atoms with van der Waals surface area (Å²) in [6, 6.07) is 6.81. The van der Waals surface area contributed by atoms with Crippen LogP contribution in [0.4, 0.5) is 10.6 Å². The van der Waals surface area contributed by atoms with Crippen molar-refractivity contribution in [1.82, 2.24) is 10.3 Å². The molecule has 16 heavy (non-hydrogen) atoms. The van der Waals surface area contributed by atoms with E-state index >= 15 is 0 Å². The standard InChI is InChI=1S/C11H11N3O2/c15-11(13-7-9-4-6-16-8-9)14-10-3-1-2-5-12-10/h1-6,8H,7H2,(H2,12,13,14,15). The van der Waals surface area contributed by atoms with Crippen molar-refractivity contribution >= 4 is 11.8 Å². The average molecular weight is 217 g/mol. The molecule has 5 nitrogen and oxygen atoms in total. The molecule has 2 aromatic heterocycles. The highest BCUT2D eigenvalue weighted by Crippen LogP contribution is 2.01. The Bertz CT molecular complexity index is 440. The maximum atomic E-state index is 11.4. The Labute approximate surface area is 92.5 Å². The van der Waals surface area contributed by atoms with E-state index in [4.69, 9.17) is 4.42 Å². The van der Waals surface area contributed by atoms with Gasteiger partial charge in [0.05, 0.1) is 12.5 Å². The van der Waals surface area contributed by atoms with Crippen LogP contribution >= 0.6 is 0 Å². The van der Waals surface area contributed by atoms with Gasteiger partial charge in [-0.1, -0.05) is 6.07 Å². The van der Waals surface area contributed by atoms with Gasteiger partial charge in [0, 0.05) is 18.3 Å². The van der Waals surface area contributed by atoms with Gasteiger partial charge in [-0.3, -0.25) is 5.32 Å². The summed E-state index contributed by atoms with van der Waals surface area (Å²) < 4.78 is 4.88. The Morgan fingerprint density at radius 3 is 3.00 bits per heavy atom. The summed E-state index contributed by atoms with van der Waals surface area (Å²) >= 11 is 0. The van der Waals surface area contributed by atoms with E-state index in [0.717, 1.165) is 5.56 Å². The first-order valence-corrected chi connectivity index (χ1v) is 4.81. The number of hydrogen-bond acceptors (Lipinski definition) is 3. The largest absolute Gasteiger partial charge is 0.472 e. The number of furan rings is 1. The van der Waals surface area contributed by atoms with Crippen LogP contribution in [0.15, 0.2) is 47.4 Å². The van der Waals surface area contributed by atoms with Crippen LogP contribution in [0.3, 0.4) is 0 Å². The molecular formula is C11H11N3O2. The number of amides is 2. The summed E-state index contributed by atoms with van der Waals surface area (Å²) in [6.07, 6.45) is 4.76. The molecule has 0 bridgehead atoms. The van der Waals surface area contributed by atoms with E-state index in [-0.39, 0.29) is 6.03 Å². The van der Waals surface area contributed by atoms with E-state index in [1.165, 1.54) is 0 Å². The van der Waals surface area contributed by atoms with Crippen molar-refractivity contribution in [3.8, 4) is 0 Å². The van der Waals surface area contributed by atoms with Crippen molar-refractivity contribution in [1.29, 1.82) is 0 Å². The number of nitrogens with zero attached hydrogens (tertiary/aromatic N) is 1. The topological polar surface area (TPSA) is 67.2 Å². The Morgan fingerprint density at radius 2 is 2.31 bits per heavy atom. The van der Waals surface area contributed by atoms with E-state index in [0.29, 0.717) is 12.4 Å². The minimum Gasteiger partial charge on any atom is -0.472 e. The van der Waals surface area contributed by atoms with Crippen LogP contribution < -0.4 is 10.6 Å². The molecule has 0 aliphatic rings. The van der Waals surface area contributed by atoms with Crippen LogP contribution in [-0.4, -0.2) is 11.0 Å². The van der Waals surface area contributed by atoms with Crippen molar-refractivity contribution < 1.29 is 9.21 Å². The molecule has 2 amide bonds. The molecular weight excluding hydrogens is 206 g/mol. The van der Waals surface area contributed by atoms with Gasteiger partial charge in [-0.25, -0.2) is 9.78 Å². The van der Waals surface area contributed by atoms with Gasteiger partial charge in [0.1, 0.15) is 5.82 Å². The highest BCUT2D eigenvalue weighted by atomic mass is 16.3. The van der Waals surface area contributed by atoms with E-state index in [2.05, 4.69) is 15.6 Å². The normalized spacial score (nSPS) is 9.75. The number of carbonyl (C=O) groups is 1. The lowest BCUT2D eigenvalue weighted by Crippen LogP contribution is -2.28. The molecule has 2 heterocycles. The minimum atomic E-state index is -0.292. The molecule has 82 valence electrons. The molecule has 2 N–H and O–H groups in total. The fraction of sp³-hybridized carbons (Fsp3) is 0.0909. The first-order valence-electron chi connectivity index (χ1n) is 4.81. The molecule has 0 aromatic carbocycles. The molecule has 0 radical (unpaired) electrons. The Morgan fingerprint density at radius 1 is 1.38 bits per heavy atom. The number of anilines is 1. The Hall–Kier alpha value is -2.30. The van der Waals surface area contributed by atoms with Gasteiger partial charge in [0.2, 0.25) is 0 Å². The summed E-state index contributed by atoms with van der Waals surface area (Å²) in [7, 11) is 0. The van der Waals surface area contributed by atoms with Gasteiger partial charge in [-0.15, -0.1) is 0 Å². The molecule has 2 rings (SSSR count). The van der Waals surface area contributed by atoms with Crippen molar-refractivity contribution in [2.75, 3.05) is 5.32 Å². The Kier molecular flexibility index (Phi) is 3.18. The van der Waals surface area contributed by atoms with Crippen molar-refractivity contribution in [3.05, 3.63) is 48.6 Å². The third-order valence-corrected chi connectivity index (χ3v) is 1.94. The van der Waals surface area contributed by atoms with E-state index in [9.17, 15) is 4.79 Å². The molecule has 0 fully saturated rings. The van der Waals surface area contributed by atoms with Crippen LogP contribution in [-0.2, 0) is 6.54 Å². The van der Waals surface area contributed by atoms with Gasteiger partial charge in [0.15, 0.2) is 0 Å². The third-order valence-electron chi connectivity index (χ3n) is 1.94. The molecule has 5 heteroatoms. The summed E-state index contributed by atoms with van der Waals surface area (Å²) in [4.78, 5) is 15.4. The molecule has 0 atom stereocenters. The maximum absolute atomic E-state index is 11.4. The average Bonchev–Trinajstić information content (AvgIpc) is 2.81. The zero-order chi connectivity index (χ0) is 11.2. The summed E-state index contributed by atoms with van der Waals surface area (Å²) in [5.74, 6) is 0.521. The number of aromatic nitrogens is 1. The van der Waals surface area contributed by atoms with Gasteiger partial charge in [0.25, 0.3) is 0 Å². The van der Waals surface area contributed by atoms with Crippen molar-refractivity contribution in [3.63, 3.8) is 0 Å². The summed E-state index contributed by atoms with van der Waals surface area (Å²) in [5, 5.41) is 5.30. The Balaban J connectivity index is 1.81. The second kappa shape index (κ2) is 4.97. The molecule has 0 spiro atoms. The van der Waals surface area contributed by atoms with Crippen LogP contribution in [0, 0.1) is 0 Å². The lowest BCUT2D eigenvalue weighted by atomic mass is 10.3. The van der Waals surface area contributed by atoms with E-state index < -0.39 is 0 Å². The molecule has 0 saturated heterocycles. The van der Waals surface area contributed by atoms with Crippen LogP contribution in [0.25, 0.3) is 0 Å². The highest BCUT2D eigenvalue weighted by Gasteiger charge is 2.01. The number of urea groups is 1. The van der Waals surface area contributed by atoms with E-state index in [1.54, 1.807) is 43.0 Å². The van der Waals surface area contributed by atoms with Crippen LogP contribution in [0.2, 0.25) is 0 Å². The second-order valence-electron chi connectivity index (χ2n) is 3.15. The summed E-state index contributed by atoms with van der Waals surface area (Å²) in [6.45, 7) is 0.426. The van der Waals surface area contributed by atoms with Gasteiger partial charge in [-0.05, 0) is 18.2 Å². The van der Waals surface area contributed by atoms with Gasteiger partial charge < -0.3 is 9.73 Å². The maximum Gasteiger partial charge on any atom is 0.320 e. The first-order chi connectivity index (χ1) is 7.84. The first kappa shape index (κ1) is 10.2. The predicted molar refractivity (Wildman–Crippen MR) is 58.8 cm³/mol. The third kappa shape index (κ3) is 2.84. The smallest absolute Gasteiger partial charge is 0.320 e. The SMILES string of the molecule is O=C(NCc1ccoc1)Nc1ccccn1. The molecule has 0 aliphatic carbocycles. The minimum absolute atomic E-state index is 0.292. The van der Waals surface area contributed by atoms with Gasteiger partial charge in [-0.2, -0.15) is 0 Å². The molecule has 0 aliphatic heterocycles. The lowest BCUT2D eigenvalue weighted by molar-refractivity contribution is 0.251. The fourth-order valence-corrected chi connectivity index (χ4v) is 1.17. The molecule has 0 unspecified atom stereocenters. The zero-order valence-electron chi connectivity index (χ0n) is 8.51. The summed E-state index contributed by atoms with van der Waals surface area (Å²) in [5.41, 5.74) is 0.913. The van der Waals surface area contributed by atoms with Crippen molar-refractivity contribution in [2.45, 2.75) is 6.54 Å². The quantitative estimate of drug-likeness (QED) is 0.826. The monoisotopic (exact) mass is 217 g/mol. The molecule has 0 saturated carbocycles. The highest BCUT2D eigenvalue weighted by molar-refractivity contribution is 5.88. The van der Waals surface area contributed by atoms with Crippen LogP contribution in [0.1, 0.15) is 5.56 Å². The number of rotatable bonds is 3. The lowest BCUT2D eigenvalue weighted by Gasteiger charge is -2.05. The fourth-order valence-electron chi connectivity index (χ4n) is 1.17. The van der Waals surface area contributed by atoms with E-state index in [1.807, 2.05) is 0 Å². The molecule has 2 aromatic rings. The zero-order valence-corrected chi connectivity index (χ0v) is 8.51. The predicted octanol–water partition coefficient (Wildman–Crippen LogP) is 2.00. The second-order valence-corrected chi connectivity index (χ2v) is 3.15. The van der Waals surface area contributed by atoms with Crippen LogP contribution in [0.5, 0.6) is 0 Å². The number of hydrogen-bond donors (Lipinski definition) is 2. The van der Waals surface area contributed by atoms with Crippen molar-refractivity contribution in [2.24, 2.45) is 0 Å².